The molecule has 0 N–H and O–H groups in total. The summed E-state index contributed by atoms with van der Waals surface area (Å²) in [6.07, 6.45) is 0.346. The van der Waals surface area contributed by atoms with Crippen molar-refractivity contribution in [2.75, 3.05) is 13.2 Å². The van der Waals surface area contributed by atoms with Crippen LogP contribution < -0.4 is 0 Å². The van der Waals surface area contributed by atoms with Crippen molar-refractivity contribution in [3.63, 3.8) is 0 Å². The van der Waals surface area contributed by atoms with Crippen molar-refractivity contribution < 1.29 is 23.7 Å². The minimum Gasteiger partial charge on any atom is -0.461 e. The smallest absolute Gasteiger partial charge is 0.458 e. The fourth-order valence-corrected chi connectivity index (χ4v) is 4.64. The molecule has 6 nitrogen and oxygen atoms in total. The monoisotopic (exact) mass is 344 g/mol. The van der Waals surface area contributed by atoms with E-state index in [4.69, 9.17) is 9.57 Å². The molecule has 0 aliphatic heterocycles. The molecule has 0 saturated heterocycles. The second kappa shape index (κ2) is 8.88. The summed E-state index contributed by atoms with van der Waals surface area (Å²) in [7, 11) is -2.25. The fraction of sp³-hybridized carbons (Fsp3) is 0.429. The van der Waals surface area contributed by atoms with Gasteiger partial charge < -0.3 is 4.74 Å². The van der Waals surface area contributed by atoms with Gasteiger partial charge in [-0.2, -0.15) is 5.06 Å². The largest absolute Gasteiger partial charge is 0.461 e. The normalized spacial score (nSPS) is 13.9. The van der Waals surface area contributed by atoms with Crippen molar-refractivity contribution in [1.82, 2.24) is 5.06 Å². The second-order valence-corrected chi connectivity index (χ2v) is 7.83. The van der Waals surface area contributed by atoms with E-state index in [1.807, 2.05) is 6.07 Å². The van der Waals surface area contributed by atoms with Crippen LogP contribution in [0.15, 0.2) is 35.2 Å². The standard InChI is InChI=1S/C14H19NO5PS/c1-4-19-13(17)14(3,15(11-16)20-5-2)21(18)22-12-9-7-6-8-10-12/h6-11H,4-5H2,1-3H3/q+1. The zero-order valence-corrected chi connectivity index (χ0v) is 14.4. The molecule has 0 aliphatic rings. The zero-order chi connectivity index (χ0) is 16.6. The first-order valence-corrected chi connectivity index (χ1v) is 9.43. The van der Waals surface area contributed by atoms with Gasteiger partial charge in [0.2, 0.25) is 6.41 Å². The number of carbonyl (C=O) groups is 2. The first-order valence-electron chi connectivity index (χ1n) is 6.75. The molecule has 0 heterocycles. The molecule has 2 unspecified atom stereocenters. The quantitative estimate of drug-likeness (QED) is 0.296. The van der Waals surface area contributed by atoms with Crippen LogP contribution in [-0.4, -0.2) is 35.9 Å². The predicted octanol–water partition coefficient (Wildman–Crippen LogP) is 3.21. The molecule has 1 aromatic carbocycles. The predicted molar refractivity (Wildman–Crippen MR) is 84.5 cm³/mol. The summed E-state index contributed by atoms with van der Waals surface area (Å²) in [5, 5.41) is -0.927. The van der Waals surface area contributed by atoms with Gasteiger partial charge >= 0.3 is 18.3 Å². The maximum absolute atomic E-state index is 12.8. The van der Waals surface area contributed by atoms with Crippen LogP contribution in [0.3, 0.4) is 0 Å². The Morgan fingerprint density at radius 3 is 2.45 bits per heavy atom. The minimum absolute atomic E-state index is 0.117. The molecule has 8 heteroatoms. The van der Waals surface area contributed by atoms with Crippen LogP contribution in [0.1, 0.15) is 20.8 Å². The van der Waals surface area contributed by atoms with E-state index >= 15 is 0 Å². The number of benzene rings is 1. The number of esters is 1. The summed E-state index contributed by atoms with van der Waals surface area (Å²) >= 11 is 1.00. The second-order valence-electron chi connectivity index (χ2n) is 4.25. The summed E-state index contributed by atoms with van der Waals surface area (Å²) in [5.41, 5.74) is 0. The van der Waals surface area contributed by atoms with E-state index in [0.29, 0.717) is 6.41 Å². The molecular weight excluding hydrogens is 325 g/mol. The molecule has 1 aromatic rings. The van der Waals surface area contributed by atoms with Crippen molar-refractivity contribution in [3.05, 3.63) is 30.3 Å². The number of nitrogens with zero attached hydrogens (tertiary/aromatic N) is 1. The first-order chi connectivity index (χ1) is 10.5. The van der Waals surface area contributed by atoms with Gasteiger partial charge in [-0.05, 0) is 26.0 Å². The van der Waals surface area contributed by atoms with E-state index in [0.717, 1.165) is 21.3 Å². The Morgan fingerprint density at radius 2 is 1.95 bits per heavy atom. The summed E-state index contributed by atoms with van der Waals surface area (Å²) in [6.45, 7) is 4.96. The SMILES string of the molecule is CCOC(=O)C(C)(N(C=O)OCC)[P+](=O)Sc1ccccc1. The summed E-state index contributed by atoms with van der Waals surface area (Å²) in [6, 6.07) is 8.98. The van der Waals surface area contributed by atoms with Gasteiger partial charge in [0.15, 0.2) is 11.4 Å². The highest BCUT2D eigenvalue weighted by molar-refractivity contribution is 8.52. The molecule has 0 fully saturated rings. The highest BCUT2D eigenvalue weighted by atomic mass is 32.7. The van der Waals surface area contributed by atoms with Gasteiger partial charge in [0, 0.05) is 6.92 Å². The lowest BCUT2D eigenvalue weighted by Crippen LogP contribution is -2.49. The van der Waals surface area contributed by atoms with Crippen molar-refractivity contribution in [1.29, 1.82) is 0 Å². The lowest BCUT2D eigenvalue weighted by atomic mass is 10.3. The van der Waals surface area contributed by atoms with E-state index in [1.54, 1.807) is 38.1 Å². The van der Waals surface area contributed by atoms with E-state index in [9.17, 15) is 14.2 Å². The third kappa shape index (κ3) is 4.29. The molecule has 0 bridgehead atoms. The number of rotatable bonds is 9. The van der Waals surface area contributed by atoms with Crippen LogP contribution in [0.4, 0.5) is 0 Å². The highest BCUT2D eigenvalue weighted by Crippen LogP contribution is 2.55. The molecule has 0 saturated carbocycles. The number of hydrogen-bond donors (Lipinski definition) is 0. The summed E-state index contributed by atoms with van der Waals surface area (Å²) in [5.74, 6) is -0.764. The van der Waals surface area contributed by atoms with Gasteiger partial charge in [0.05, 0.1) is 18.1 Å². The topological polar surface area (TPSA) is 72.9 Å². The third-order valence-electron chi connectivity index (χ3n) is 2.74. The Kier molecular flexibility index (Phi) is 7.51. The van der Waals surface area contributed by atoms with Gasteiger partial charge in [-0.25, -0.2) is 4.79 Å². The first kappa shape index (κ1) is 18.6. The molecule has 2 atom stereocenters. The lowest BCUT2D eigenvalue weighted by molar-refractivity contribution is -0.201. The van der Waals surface area contributed by atoms with Crippen LogP contribution in [0.2, 0.25) is 0 Å². The fourth-order valence-electron chi connectivity index (χ4n) is 1.58. The van der Waals surface area contributed by atoms with Crippen molar-refractivity contribution in [3.8, 4) is 0 Å². The number of amides is 1. The van der Waals surface area contributed by atoms with Crippen molar-refractivity contribution in [2.45, 2.75) is 30.9 Å². The van der Waals surface area contributed by atoms with Crippen LogP contribution in [0.5, 0.6) is 0 Å². The molecule has 0 spiro atoms. The minimum atomic E-state index is -2.25. The molecule has 1 rings (SSSR count). The maximum atomic E-state index is 12.8. The third-order valence-corrected chi connectivity index (χ3v) is 6.68. The van der Waals surface area contributed by atoms with Gasteiger partial charge in [-0.15, -0.1) is 0 Å². The molecule has 22 heavy (non-hydrogen) atoms. The average molecular weight is 344 g/mol. The zero-order valence-electron chi connectivity index (χ0n) is 12.7. The average Bonchev–Trinajstić information content (AvgIpc) is 2.52. The molecule has 0 radical (unpaired) electrons. The van der Waals surface area contributed by atoms with Crippen LogP contribution in [-0.2, 0) is 23.7 Å². The number of hydroxylamine groups is 2. The van der Waals surface area contributed by atoms with E-state index in [1.165, 1.54) is 6.92 Å². The number of carbonyl (C=O) groups excluding carboxylic acids is 2. The maximum Gasteiger partial charge on any atom is 0.458 e. The van der Waals surface area contributed by atoms with E-state index in [2.05, 4.69) is 0 Å². The Bertz CT molecular complexity index is 527. The molecular formula is C14H19NO5PS+. The Hall–Kier alpha value is -1.43. The van der Waals surface area contributed by atoms with Crippen LogP contribution in [0.25, 0.3) is 0 Å². The van der Waals surface area contributed by atoms with E-state index in [-0.39, 0.29) is 13.2 Å². The van der Waals surface area contributed by atoms with Gasteiger partial charge in [-0.1, -0.05) is 22.8 Å². The summed E-state index contributed by atoms with van der Waals surface area (Å²) < 4.78 is 17.7. The molecule has 1 amide bonds. The van der Waals surface area contributed by atoms with Gasteiger partial charge in [0.25, 0.3) is 0 Å². The van der Waals surface area contributed by atoms with E-state index < -0.39 is 18.3 Å². The number of hydrogen-bond acceptors (Lipinski definition) is 6. The van der Waals surface area contributed by atoms with Gasteiger partial charge in [0.1, 0.15) is 0 Å². The Balaban J connectivity index is 3.10. The lowest BCUT2D eigenvalue weighted by Gasteiger charge is -2.25. The highest BCUT2D eigenvalue weighted by Gasteiger charge is 2.60. The van der Waals surface area contributed by atoms with Gasteiger partial charge in [-0.3, -0.25) is 9.63 Å². The van der Waals surface area contributed by atoms with Crippen molar-refractivity contribution >= 4 is 30.8 Å². The van der Waals surface area contributed by atoms with Crippen LogP contribution >= 0.6 is 18.4 Å². The Morgan fingerprint density at radius 1 is 1.32 bits per heavy atom. The van der Waals surface area contributed by atoms with Crippen LogP contribution in [0, 0.1) is 0 Å². The number of ether oxygens (including phenoxy) is 1. The molecule has 120 valence electrons. The Labute approximate surface area is 134 Å². The molecule has 0 aliphatic carbocycles. The molecule has 0 aromatic heterocycles. The summed E-state index contributed by atoms with van der Waals surface area (Å²) in [4.78, 5) is 29.4. The van der Waals surface area contributed by atoms with Crippen molar-refractivity contribution in [2.24, 2.45) is 0 Å².